The number of benzene rings is 1. The summed E-state index contributed by atoms with van der Waals surface area (Å²) in [6.45, 7) is 9.08. The van der Waals surface area contributed by atoms with E-state index in [-0.39, 0.29) is 5.91 Å². The second-order valence-electron chi connectivity index (χ2n) is 6.95. The van der Waals surface area contributed by atoms with Gasteiger partial charge in [-0.05, 0) is 24.5 Å². The minimum Gasteiger partial charge on any atom is -0.383 e. The summed E-state index contributed by atoms with van der Waals surface area (Å²) in [7, 11) is 1.75. The van der Waals surface area contributed by atoms with Gasteiger partial charge in [-0.1, -0.05) is 24.3 Å². The first-order chi connectivity index (χ1) is 11.7. The largest absolute Gasteiger partial charge is 0.383 e. The molecule has 1 aromatic carbocycles. The van der Waals surface area contributed by atoms with Crippen LogP contribution in [0.4, 0.5) is 0 Å². The summed E-state index contributed by atoms with van der Waals surface area (Å²) in [5.74, 6) is 0.266. The molecule has 132 valence electrons. The first-order valence-electron chi connectivity index (χ1n) is 8.97. The molecule has 0 N–H and O–H groups in total. The molecule has 1 amide bonds. The van der Waals surface area contributed by atoms with E-state index in [0.717, 1.165) is 52.3 Å². The third kappa shape index (κ3) is 4.15. The summed E-state index contributed by atoms with van der Waals surface area (Å²) >= 11 is 0. The molecular formula is C19H29N3O2. The lowest BCUT2D eigenvalue weighted by Gasteiger charge is -2.40. The van der Waals surface area contributed by atoms with Gasteiger partial charge in [-0.15, -0.1) is 0 Å². The van der Waals surface area contributed by atoms with Crippen molar-refractivity contribution in [2.45, 2.75) is 25.9 Å². The van der Waals surface area contributed by atoms with Gasteiger partial charge in [-0.25, -0.2) is 0 Å². The minimum absolute atomic E-state index is 0.266. The number of fused-ring (bicyclic) bond motifs is 1. The molecule has 0 aliphatic carbocycles. The molecule has 1 fully saturated rings. The Morgan fingerprint density at radius 2 is 2.00 bits per heavy atom. The van der Waals surface area contributed by atoms with Crippen molar-refractivity contribution >= 4 is 5.91 Å². The second kappa shape index (κ2) is 8.10. The van der Waals surface area contributed by atoms with Crippen LogP contribution in [0.1, 0.15) is 18.1 Å². The first-order valence-corrected chi connectivity index (χ1v) is 8.97. The Bertz CT molecular complexity index is 563. The van der Waals surface area contributed by atoms with Crippen LogP contribution >= 0.6 is 0 Å². The van der Waals surface area contributed by atoms with Gasteiger partial charge in [0, 0.05) is 52.4 Å². The van der Waals surface area contributed by atoms with Crippen molar-refractivity contribution in [2.24, 2.45) is 0 Å². The van der Waals surface area contributed by atoms with Gasteiger partial charge in [0.2, 0.25) is 5.91 Å². The fraction of sp³-hybridized carbons (Fsp3) is 0.632. The summed E-state index contributed by atoms with van der Waals surface area (Å²) in [5.41, 5.74) is 2.69. The van der Waals surface area contributed by atoms with Gasteiger partial charge in [-0.3, -0.25) is 14.6 Å². The van der Waals surface area contributed by atoms with Gasteiger partial charge in [0.1, 0.15) is 0 Å². The van der Waals surface area contributed by atoms with Crippen molar-refractivity contribution in [3.05, 3.63) is 35.4 Å². The number of hydrogen-bond acceptors (Lipinski definition) is 4. The second-order valence-corrected chi connectivity index (χ2v) is 6.95. The Labute approximate surface area is 145 Å². The predicted octanol–water partition coefficient (Wildman–Crippen LogP) is 1.22. The molecule has 1 saturated heterocycles. The van der Waals surface area contributed by atoms with Crippen LogP contribution < -0.4 is 0 Å². The van der Waals surface area contributed by atoms with Crippen molar-refractivity contribution in [1.29, 1.82) is 0 Å². The number of ether oxygens (including phenoxy) is 1. The summed E-state index contributed by atoms with van der Waals surface area (Å²) < 4.78 is 5.18. The summed E-state index contributed by atoms with van der Waals surface area (Å²) in [5, 5.41) is 0. The van der Waals surface area contributed by atoms with E-state index >= 15 is 0 Å². The van der Waals surface area contributed by atoms with Gasteiger partial charge >= 0.3 is 0 Å². The number of hydrogen-bond donors (Lipinski definition) is 0. The quantitative estimate of drug-likeness (QED) is 0.813. The molecule has 1 atom stereocenters. The standard InChI is InChI=1S/C19H29N3O2/c1-16-13-20(9-10-21(16)11-12-24-2)15-19(23)22-8-7-17-5-3-4-6-18(17)14-22/h3-6,16H,7-15H2,1-2H3/t16-/m0/s1. The number of carbonyl (C=O) groups is 1. The van der Waals surface area contributed by atoms with E-state index in [4.69, 9.17) is 4.74 Å². The van der Waals surface area contributed by atoms with E-state index in [9.17, 15) is 4.79 Å². The van der Waals surface area contributed by atoms with E-state index in [1.807, 2.05) is 4.90 Å². The van der Waals surface area contributed by atoms with Crippen LogP contribution in [0.2, 0.25) is 0 Å². The lowest BCUT2D eigenvalue weighted by atomic mass is 10.00. The van der Waals surface area contributed by atoms with Crippen LogP contribution in [0.25, 0.3) is 0 Å². The fourth-order valence-electron chi connectivity index (χ4n) is 3.75. The van der Waals surface area contributed by atoms with Gasteiger partial charge in [0.05, 0.1) is 13.2 Å². The van der Waals surface area contributed by atoms with E-state index in [1.54, 1.807) is 7.11 Å². The maximum Gasteiger partial charge on any atom is 0.237 e. The van der Waals surface area contributed by atoms with Gasteiger partial charge in [-0.2, -0.15) is 0 Å². The monoisotopic (exact) mass is 331 g/mol. The van der Waals surface area contributed by atoms with Crippen LogP contribution in [0.15, 0.2) is 24.3 Å². The Morgan fingerprint density at radius 3 is 2.75 bits per heavy atom. The zero-order valence-corrected chi connectivity index (χ0v) is 14.9. The zero-order valence-electron chi connectivity index (χ0n) is 14.9. The van der Waals surface area contributed by atoms with Crippen LogP contribution in [0.3, 0.4) is 0 Å². The number of methoxy groups -OCH3 is 1. The van der Waals surface area contributed by atoms with E-state index in [1.165, 1.54) is 11.1 Å². The van der Waals surface area contributed by atoms with Crippen molar-refractivity contribution in [3.63, 3.8) is 0 Å². The molecule has 2 heterocycles. The highest BCUT2D eigenvalue weighted by Crippen LogP contribution is 2.19. The maximum absolute atomic E-state index is 12.7. The molecule has 0 saturated carbocycles. The molecule has 0 unspecified atom stereocenters. The van der Waals surface area contributed by atoms with Gasteiger partial charge in [0.15, 0.2) is 0 Å². The van der Waals surface area contributed by atoms with E-state index in [0.29, 0.717) is 12.6 Å². The fourth-order valence-corrected chi connectivity index (χ4v) is 3.75. The smallest absolute Gasteiger partial charge is 0.237 e. The molecule has 0 bridgehead atoms. The topological polar surface area (TPSA) is 36.0 Å². The normalized spacial score (nSPS) is 22.4. The first kappa shape index (κ1) is 17.4. The molecule has 0 spiro atoms. The van der Waals surface area contributed by atoms with Gasteiger partial charge in [0.25, 0.3) is 0 Å². The SMILES string of the molecule is COCCN1CCN(CC(=O)N2CCc3ccccc3C2)C[C@@H]1C. The maximum atomic E-state index is 12.7. The molecule has 3 rings (SSSR count). The molecule has 1 aromatic rings. The molecule has 5 heteroatoms. The van der Waals surface area contributed by atoms with Crippen LogP contribution in [-0.4, -0.2) is 79.6 Å². The summed E-state index contributed by atoms with van der Waals surface area (Å²) in [6, 6.07) is 8.95. The summed E-state index contributed by atoms with van der Waals surface area (Å²) in [6.07, 6.45) is 0.975. The van der Waals surface area contributed by atoms with Crippen molar-refractivity contribution < 1.29 is 9.53 Å². The molecule has 2 aliphatic heterocycles. The number of rotatable bonds is 5. The molecule has 0 radical (unpaired) electrons. The zero-order chi connectivity index (χ0) is 16.9. The Balaban J connectivity index is 1.49. The van der Waals surface area contributed by atoms with Crippen LogP contribution in [-0.2, 0) is 22.5 Å². The molecule has 0 aromatic heterocycles. The van der Waals surface area contributed by atoms with Crippen molar-refractivity contribution in [2.75, 3.05) is 53.0 Å². The van der Waals surface area contributed by atoms with Crippen molar-refractivity contribution in [3.8, 4) is 0 Å². The molecule has 5 nitrogen and oxygen atoms in total. The highest BCUT2D eigenvalue weighted by molar-refractivity contribution is 5.78. The van der Waals surface area contributed by atoms with E-state index < -0.39 is 0 Å². The average Bonchev–Trinajstić information content (AvgIpc) is 2.60. The van der Waals surface area contributed by atoms with Crippen LogP contribution in [0.5, 0.6) is 0 Å². The average molecular weight is 331 g/mol. The Morgan fingerprint density at radius 1 is 1.21 bits per heavy atom. The van der Waals surface area contributed by atoms with Gasteiger partial charge < -0.3 is 9.64 Å². The lowest BCUT2D eigenvalue weighted by Crippen LogP contribution is -2.55. The molecular weight excluding hydrogens is 302 g/mol. The lowest BCUT2D eigenvalue weighted by molar-refractivity contribution is -0.134. The number of piperazine rings is 1. The third-order valence-electron chi connectivity index (χ3n) is 5.27. The van der Waals surface area contributed by atoms with E-state index in [2.05, 4.69) is 41.0 Å². The number of amides is 1. The third-order valence-corrected chi connectivity index (χ3v) is 5.27. The highest BCUT2D eigenvalue weighted by atomic mass is 16.5. The van der Waals surface area contributed by atoms with Crippen molar-refractivity contribution in [1.82, 2.24) is 14.7 Å². The number of nitrogens with zero attached hydrogens (tertiary/aromatic N) is 3. The Kier molecular flexibility index (Phi) is 5.87. The number of carbonyl (C=O) groups excluding carboxylic acids is 1. The predicted molar refractivity (Wildman–Crippen MR) is 94.9 cm³/mol. The summed E-state index contributed by atoms with van der Waals surface area (Å²) in [4.78, 5) is 19.5. The molecule has 2 aliphatic rings. The van der Waals surface area contributed by atoms with Crippen LogP contribution in [0, 0.1) is 0 Å². The molecule has 24 heavy (non-hydrogen) atoms. The highest BCUT2D eigenvalue weighted by Gasteiger charge is 2.27. The minimum atomic E-state index is 0.266. The Hall–Kier alpha value is -1.43.